The number of rotatable bonds is 4. The van der Waals surface area contributed by atoms with Crippen LogP contribution in [0.4, 0.5) is 5.69 Å². The minimum Gasteiger partial charge on any atom is -0.362 e. The van der Waals surface area contributed by atoms with E-state index in [9.17, 15) is 0 Å². The average Bonchev–Trinajstić information content (AvgIpc) is 2.27. The van der Waals surface area contributed by atoms with Crippen LogP contribution in [0.5, 0.6) is 0 Å². The van der Waals surface area contributed by atoms with Crippen LogP contribution in [0.25, 0.3) is 0 Å². The summed E-state index contributed by atoms with van der Waals surface area (Å²) in [5.41, 5.74) is 1.03. The molecular weight excluding hydrogens is 236 g/mol. The van der Waals surface area contributed by atoms with Gasteiger partial charge in [-0.05, 0) is 48.7 Å². The number of hydrogen-bond donors (Lipinski definition) is 2. The standard InChI is InChI=1S/C12H18N2S2/c1-9(2)8-13-12(15)14-10-4-6-11(16-3)7-5-10/h4-7,9H,8H2,1-3H3,(H2,13,14,15). The van der Waals surface area contributed by atoms with Gasteiger partial charge < -0.3 is 10.6 Å². The molecule has 0 aliphatic rings. The maximum atomic E-state index is 5.19. The molecule has 2 nitrogen and oxygen atoms in total. The first kappa shape index (κ1) is 13.3. The molecule has 1 aromatic carbocycles. The van der Waals surface area contributed by atoms with Crippen LogP contribution in [0.15, 0.2) is 29.2 Å². The Bertz CT molecular complexity index is 333. The van der Waals surface area contributed by atoms with Crippen LogP contribution in [0.1, 0.15) is 13.8 Å². The van der Waals surface area contributed by atoms with Crippen molar-refractivity contribution in [3.63, 3.8) is 0 Å². The highest BCUT2D eigenvalue weighted by molar-refractivity contribution is 7.98. The Kier molecular flexibility index (Phi) is 5.63. The summed E-state index contributed by atoms with van der Waals surface area (Å²) in [7, 11) is 0. The lowest BCUT2D eigenvalue weighted by atomic mass is 10.2. The molecule has 0 spiro atoms. The number of thiocarbonyl (C=S) groups is 1. The van der Waals surface area contributed by atoms with E-state index in [4.69, 9.17) is 12.2 Å². The van der Waals surface area contributed by atoms with Crippen LogP contribution in [0.3, 0.4) is 0 Å². The largest absolute Gasteiger partial charge is 0.362 e. The molecule has 0 atom stereocenters. The topological polar surface area (TPSA) is 24.1 Å². The van der Waals surface area contributed by atoms with Gasteiger partial charge in [0, 0.05) is 17.1 Å². The zero-order valence-corrected chi connectivity index (χ0v) is 11.5. The first-order chi connectivity index (χ1) is 7.61. The van der Waals surface area contributed by atoms with E-state index in [0.717, 1.165) is 12.2 Å². The van der Waals surface area contributed by atoms with Gasteiger partial charge in [-0.3, -0.25) is 0 Å². The average molecular weight is 254 g/mol. The predicted octanol–water partition coefficient (Wildman–Crippen LogP) is 3.35. The van der Waals surface area contributed by atoms with Crippen molar-refractivity contribution in [1.29, 1.82) is 0 Å². The van der Waals surface area contributed by atoms with Gasteiger partial charge in [0.1, 0.15) is 0 Å². The molecule has 1 aromatic rings. The lowest BCUT2D eigenvalue weighted by Crippen LogP contribution is -2.31. The van der Waals surface area contributed by atoms with E-state index in [2.05, 4.69) is 42.9 Å². The molecule has 1 rings (SSSR count). The summed E-state index contributed by atoms with van der Waals surface area (Å²) in [4.78, 5) is 1.26. The van der Waals surface area contributed by atoms with Crippen LogP contribution in [0.2, 0.25) is 0 Å². The van der Waals surface area contributed by atoms with Gasteiger partial charge in [-0.25, -0.2) is 0 Å². The Labute approximate surface area is 107 Å². The number of benzene rings is 1. The lowest BCUT2D eigenvalue weighted by molar-refractivity contribution is 0.627. The van der Waals surface area contributed by atoms with Crippen molar-refractivity contribution >= 4 is 34.8 Å². The van der Waals surface area contributed by atoms with Crippen LogP contribution >= 0.6 is 24.0 Å². The molecule has 2 N–H and O–H groups in total. The molecule has 4 heteroatoms. The minimum absolute atomic E-state index is 0.596. The highest BCUT2D eigenvalue weighted by Crippen LogP contribution is 2.17. The third-order valence-electron chi connectivity index (χ3n) is 2.02. The third-order valence-corrected chi connectivity index (χ3v) is 3.01. The summed E-state index contributed by atoms with van der Waals surface area (Å²) in [5, 5.41) is 7.02. The second kappa shape index (κ2) is 6.76. The van der Waals surface area contributed by atoms with Gasteiger partial charge in [0.2, 0.25) is 0 Å². The fourth-order valence-corrected chi connectivity index (χ4v) is 1.76. The maximum Gasteiger partial charge on any atom is 0.170 e. The van der Waals surface area contributed by atoms with Crippen LogP contribution in [-0.4, -0.2) is 17.9 Å². The van der Waals surface area contributed by atoms with Crippen LogP contribution in [-0.2, 0) is 0 Å². The number of hydrogen-bond acceptors (Lipinski definition) is 2. The molecule has 0 radical (unpaired) electrons. The molecule has 0 bridgehead atoms. The maximum absolute atomic E-state index is 5.19. The highest BCUT2D eigenvalue weighted by atomic mass is 32.2. The Morgan fingerprint density at radius 3 is 2.44 bits per heavy atom. The van der Waals surface area contributed by atoms with Crippen LogP contribution < -0.4 is 10.6 Å². The van der Waals surface area contributed by atoms with Gasteiger partial charge >= 0.3 is 0 Å². The van der Waals surface area contributed by atoms with E-state index in [1.807, 2.05) is 12.1 Å². The zero-order chi connectivity index (χ0) is 12.0. The normalized spacial score (nSPS) is 10.2. The summed E-state index contributed by atoms with van der Waals surface area (Å²) < 4.78 is 0. The summed E-state index contributed by atoms with van der Waals surface area (Å²) in [6.45, 7) is 5.21. The van der Waals surface area contributed by atoms with Gasteiger partial charge in [0.05, 0.1) is 0 Å². The number of thioether (sulfide) groups is 1. The molecule has 88 valence electrons. The molecule has 0 saturated heterocycles. The second-order valence-corrected chi connectivity index (χ2v) is 5.25. The van der Waals surface area contributed by atoms with Gasteiger partial charge in [-0.2, -0.15) is 0 Å². The summed E-state index contributed by atoms with van der Waals surface area (Å²) >= 11 is 6.92. The fourth-order valence-electron chi connectivity index (χ4n) is 1.15. The molecule has 0 saturated carbocycles. The van der Waals surface area contributed by atoms with E-state index < -0.39 is 0 Å². The van der Waals surface area contributed by atoms with E-state index in [-0.39, 0.29) is 0 Å². The van der Waals surface area contributed by atoms with E-state index >= 15 is 0 Å². The van der Waals surface area contributed by atoms with Gasteiger partial charge in [0.25, 0.3) is 0 Å². The highest BCUT2D eigenvalue weighted by Gasteiger charge is 1.98. The smallest absolute Gasteiger partial charge is 0.170 e. The van der Waals surface area contributed by atoms with E-state index in [1.54, 1.807) is 11.8 Å². The third kappa shape index (κ3) is 4.86. The van der Waals surface area contributed by atoms with Crippen molar-refractivity contribution in [2.75, 3.05) is 18.1 Å². The molecule has 16 heavy (non-hydrogen) atoms. The second-order valence-electron chi connectivity index (χ2n) is 3.96. The Morgan fingerprint density at radius 1 is 1.31 bits per heavy atom. The molecule has 0 unspecified atom stereocenters. The Morgan fingerprint density at radius 2 is 1.94 bits per heavy atom. The molecule has 0 heterocycles. The minimum atomic E-state index is 0.596. The first-order valence-corrected chi connectivity index (χ1v) is 6.94. The molecular formula is C12H18N2S2. The predicted molar refractivity (Wildman–Crippen MR) is 77.3 cm³/mol. The van der Waals surface area contributed by atoms with Crippen molar-refractivity contribution < 1.29 is 0 Å². The lowest BCUT2D eigenvalue weighted by Gasteiger charge is -2.12. The fraction of sp³-hybridized carbons (Fsp3) is 0.417. The van der Waals surface area contributed by atoms with Crippen molar-refractivity contribution in [2.45, 2.75) is 18.7 Å². The van der Waals surface area contributed by atoms with Crippen molar-refractivity contribution in [3.8, 4) is 0 Å². The van der Waals surface area contributed by atoms with Crippen LogP contribution in [0, 0.1) is 5.92 Å². The SMILES string of the molecule is CSc1ccc(NC(=S)NCC(C)C)cc1. The van der Waals surface area contributed by atoms with E-state index in [1.165, 1.54) is 4.90 Å². The zero-order valence-electron chi connectivity index (χ0n) is 9.91. The Hall–Kier alpha value is -0.740. The van der Waals surface area contributed by atoms with Crippen molar-refractivity contribution in [2.24, 2.45) is 5.92 Å². The van der Waals surface area contributed by atoms with Gasteiger partial charge in [0.15, 0.2) is 5.11 Å². The van der Waals surface area contributed by atoms with E-state index in [0.29, 0.717) is 11.0 Å². The number of anilines is 1. The monoisotopic (exact) mass is 254 g/mol. The van der Waals surface area contributed by atoms with Crippen molar-refractivity contribution in [3.05, 3.63) is 24.3 Å². The molecule has 0 amide bonds. The quantitative estimate of drug-likeness (QED) is 0.635. The van der Waals surface area contributed by atoms with Gasteiger partial charge in [-0.1, -0.05) is 13.8 Å². The number of nitrogens with one attached hydrogen (secondary N) is 2. The summed E-state index contributed by atoms with van der Waals surface area (Å²) in [5.74, 6) is 0.596. The first-order valence-electron chi connectivity index (χ1n) is 5.30. The molecule has 0 aliphatic heterocycles. The molecule has 0 fully saturated rings. The molecule has 0 aromatic heterocycles. The van der Waals surface area contributed by atoms with Crippen molar-refractivity contribution in [1.82, 2.24) is 5.32 Å². The van der Waals surface area contributed by atoms with Gasteiger partial charge in [-0.15, -0.1) is 11.8 Å². The summed E-state index contributed by atoms with van der Waals surface area (Å²) in [6, 6.07) is 8.24. The molecule has 0 aliphatic carbocycles. The summed E-state index contributed by atoms with van der Waals surface area (Å²) in [6.07, 6.45) is 2.07. The Balaban J connectivity index is 2.43.